The van der Waals surface area contributed by atoms with Crippen molar-refractivity contribution in [1.29, 1.82) is 5.26 Å². The van der Waals surface area contributed by atoms with Crippen LogP contribution in [0, 0.1) is 11.3 Å². The van der Waals surface area contributed by atoms with Crippen molar-refractivity contribution >= 4 is 23.1 Å². The average Bonchev–Trinajstić information content (AvgIpc) is 2.88. The number of thioether (sulfide) groups is 1. The third-order valence-corrected chi connectivity index (χ3v) is 3.97. The van der Waals surface area contributed by atoms with Gasteiger partial charge in [0, 0.05) is 5.92 Å². The highest BCUT2D eigenvalue weighted by Crippen LogP contribution is 2.42. The van der Waals surface area contributed by atoms with Gasteiger partial charge in [-0.1, -0.05) is 23.1 Å². The molecule has 0 aromatic carbocycles. The zero-order chi connectivity index (χ0) is 9.26. The van der Waals surface area contributed by atoms with Crippen LogP contribution in [0.15, 0.2) is 4.34 Å². The lowest BCUT2D eigenvalue weighted by atomic mass is 10.5. The van der Waals surface area contributed by atoms with Crippen molar-refractivity contribution in [3.05, 3.63) is 5.01 Å². The third-order valence-electron chi connectivity index (χ3n) is 1.81. The summed E-state index contributed by atoms with van der Waals surface area (Å²) in [4.78, 5) is 0. The predicted molar refractivity (Wildman–Crippen MR) is 52.8 cm³/mol. The first-order valence-corrected chi connectivity index (χ1v) is 5.89. The van der Waals surface area contributed by atoms with Crippen LogP contribution in [0.1, 0.15) is 30.7 Å². The molecule has 0 bridgehead atoms. The fraction of sp³-hybridized carbons (Fsp3) is 0.625. The monoisotopic (exact) mass is 211 g/mol. The SMILES string of the molecule is CC(C#N)Sc1nnc(C2CC2)s1. The molecule has 3 nitrogen and oxygen atoms in total. The van der Waals surface area contributed by atoms with E-state index >= 15 is 0 Å². The first kappa shape index (κ1) is 8.97. The third kappa shape index (κ3) is 2.20. The lowest BCUT2D eigenvalue weighted by Gasteiger charge is -1.93. The smallest absolute Gasteiger partial charge is 0.175 e. The molecule has 0 spiro atoms. The summed E-state index contributed by atoms with van der Waals surface area (Å²) < 4.78 is 0.927. The highest BCUT2D eigenvalue weighted by molar-refractivity contribution is 8.01. The highest BCUT2D eigenvalue weighted by Gasteiger charge is 2.27. The first-order valence-electron chi connectivity index (χ1n) is 4.19. The van der Waals surface area contributed by atoms with E-state index in [-0.39, 0.29) is 5.25 Å². The molecule has 1 aromatic heterocycles. The summed E-state index contributed by atoms with van der Waals surface area (Å²) in [6.07, 6.45) is 2.51. The Hall–Kier alpha value is -0.600. The first-order chi connectivity index (χ1) is 6.29. The molecule has 2 rings (SSSR count). The normalized spacial score (nSPS) is 18.2. The molecule has 68 valence electrons. The van der Waals surface area contributed by atoms with Gasteiger partial charge in [0.25, 0.3) is 0 Å². The lowest BCUT2D eigenvalue weighted by Crippen LogP contribution is -1.88. The Kier molecular flexibility index (Phi) is 2.51. The summed E-state index contributed by atoms with van der Waals surface area (Å²) in [6, 6.07) is 2.17. The van der Waals surface area contributed by atoms with Crippen molar-refractivity contribution in [1.82, 2.24) is 10.2 Å². The molecule has 1 saturated carbocycles. The van der Waals surface area contributed by atoms with E-state index in [1.54, 1.807) is 11.3 Å². The molecule has 0 saturated heterocycles. The van der Waals surface area contributed by atoms with Gasteiger partial charge in [0.05, 0.1) is 11.3 Å². The van der Waals surface area contributed by atoms with Crippen LogP contribution in [0.3, 0.4) is 0 Å². The molecular formula is C8H9N3S2. The van der Waals surface area contributed by atoms with Crippen LogP contribution in [0.5, 0.6) is 0 Å². The Morgan fingerprint density at radius 1 is 1.62 bits per heavy atom. The maximum absolute atomic E-state index is 8.61. The molecule has 0 radical (unpaired) electrons. The number of hydrogen-bond acceptors (Lipinski definition) is 5. The molecular weight excluding hydrogens is 202 g/mol. The highest BCUT2D eigenvalue weighted by atomic mass is 32.2. The zero-order valence-electron chi connectivity index (χ0n) is 7.23. The number of hydrogen-bond donors (Lipinski definition) is 0. The number of nitriles is 1. The Morgan fingerprint density at radius 3 is 3.00 bits per heavy atom. The van der Waals surface area contributed by atoms with Gasteiger partial charge < -0.3 is 0 Å². The molecule has 5 heteroatoms. The number of rotatable bonds is 3. The number of aromatic nitrogens is 2. The van der Waals surface area contributed by atoms with E-state index in [9.17, 15) is 0 Å². The molecule has 1 aromatic rings. The predicted octanol–water partition coefficient (Wildman–Crippen LogP) is 2.42. The molecule has 1 heterocycles. The van der Waals surface area contributed by atoms with Gasteiger partial charge in [-0.25, -0.2) is 0 Å². The largest absolute Gasteiger partial charge is 0.197 e. The summed E-state index contributed by atoms with van der Waals surface area (Å²) in [5, 5.41) is 17.9. The van der Waals surface area contributed by atoms with Gasteiger partial charge >= 0.3 is 0 Å². The second-order valence-corrected chi connectivity index (χ2v) is 5.67. The van der Waals surface area contributed by atoms with Crippen LogP contribution >= 0.6 is 23.1 Å². The van der Waals surface area contributed by atoms with E-state index in [4.69, 9.17) is 5.26 Å². The van der Waals surface area contributed by atoms with Crippen LogP contribution in [0.4, 0.5) is 0 Å². The van der Waals surface area contributed by atoms with Gasteiger partial charge in [-0.3, -0.25) is 0 Å². The van der Waals surface area contributed by atoms with Crippen molar-refractivity contribution in [2.45, 2.75) is 35.3 Å². The summed E-state index contributed by atoms with van der Waals surface area (Å²) in [7, 11) is 0. The standard InChI is InChI=1S/C8H9N3S2/c1-5(4-9)12-8-11-10-7(13-8)6-2-3-6/h5-6H,2-3H2,1H3. The maximum atomic E-state index is 8.61. The second kappa shape index (κ2) is 3.64. The van der Waals surface area contributed by atoms with E-state index in [1.807, 2.05) is 6.92 Å². The fourth-order valence-corrected chi connectivity index (χ4v) is 3.01. The summed E-state index contributed by atoms with van der Waals surface area (Å²) >= 11 is 3.13. The van der Waals surface area contributed by atoms with Gasteiger partial charge in [0.2, 0.25) is 0 Å². The summed E-state index contributed by atoms with van der Waals surface area (Å²) in [5.74, 6) is 0.671. The van der Waals surface area contributed by atoms with E-state index in [0.717, 1.165) is 9.35 Å². The van der Waals surface area contributed by atoms with Gasteiger partial charge in [-0.15, -0.1) is 10.2 Å². The van der Waals surface area contributed by atoms with Crippen LogP contribution in [0.2, 0.25) is 0 Å². The molecule has 0 N–H and O–H groups in total. The second-order valence-electron chi connectivity index (χ2n) is 3.07. The van der Waals surface area contributed by atoms with E-state index < -0.39 is 0 Å². The maximum Gasteiger partial charge on any atom is 0.175 e. The van der Waals surface area contributed by atoms with Crippen LogP contribution in [-0.4, -0.2) is 15.4 Å². The van der Waals surface area contributed by atoms with E-state index in [0.29, 0.717) is 5.92 Å². The fourth-order valence-electron chi connectivity index (χ4n) is 0.941. The summed E-state index contributed by atoms with van der Waals surface area (Å²) in [6.45, 7) is 1.88. The Labute approximate surface area is 85.2 Å². The van der Waals surface area contributed by atoms with Crippen molar-refractivity contribution in [3.63, 3.8) is 0 Å². The Balaban J connectivity index is 2.01. The van der Waals surface area contributed by atoms with Gasteiger partial charge in [0.15, 0.2) is 4.34 Å². The average molecular weight is 211 g/mol. The van der Waals surface area contributed by atoms with Gasteiger partial charge in [-0.2, -0.15) is 5.26 Å². The van der Waals surface area contributed by atoms with E-state index in [1.165, 1.54) is 24.6 Å². The molecule has 1 fully saturated rings. The molecule has 0 aliphatic heterocycles. The van der Waals surface area contributed by atoms with Crippen LogP contribution < -0.4 is 0 Å². The minimum absolute atomic E-state index is 0.0278. The molecule has 1 aliphatic carbocycles. The van der Waals surface area contributed by atoms with Crippen LogP contribution in [-0.2, 0) is 0 Å². The minimum atomic E-state index is -0.0278. The van der Waals surface area contributed by atoms with Crippen molar-refractivity contribution in [3.8, 4) is 6.07 Å². The Bertz CT molecular complexity index is 337. The number of nitrogens with zero attached hydrogens (tertiary/aromatic N) is 3. The van der Waals surface area contributed by atoms with Gasteiger partial charge in [0.1, 0.15) is 5.01 Å². The topological polar surface area (TPSA) is 49.6 Å². The molecule has 13 heavy (non-hydrogen) atoms. The zero-order valence-corrected chi connectivity index (χ0v) is 8.86. The Morgan fingerprint density at radius 2 is 2.38 bits per heavy atom. The molecule has 0 amide bonds. The van der Waals surface area contributed by atoms with Crippen LogP contribution in [0.25, 0.3) is 0 Å². The van der Waals surface area contributed by atoms with Gasteiger partial charge in [-0.05, 0) is 19.8 Å². The molecule has 1 unspecified atom stereocenters. The lowest BCUT2D eigenvalue weighted by molar-refractivity contribution is 0.936. The van der Waals surface area contributed by atoms with Crippen molar-refractivity contribution < 1.29 is 0 Å². The summed E-state index contributed by atoms with van der Waals surface area (Å²) in [5.41, 5.74) is 0. The van der Waals surface area contributed by atoms with E-state index in [2.05, 4.69) is 16.3 Å². The molecule has 1 atom stereocenters. The minimum Gasteiger partial charge on any atom is -0.197 e. The van der Waals surface area contributed by atoms with Crippen molar-refractivity contribution in [2.75, 3.05) is 0 Å². The quantitative estimate of drug-likeness (QED) is 0.720. The molecule has 1 aliphatic rings. The van der Waals surface area contributed by atoms with Crippen molar-refractivity contribution in [2.24, 2.45) is 0 Å².